The molecule has 5 aliphatic rings. The summed E-state index contributed by atoms with van der Waals surface area (Å²) in [6.07, 6.45) is 3.13. The number of alkyl halides is 2. The number of amides is 4. The summed E-state index contributed by atoms with van der Waals surface area (Å²) in [6.45, 7) is 7.86. The molecule has 3 N–H and O–H groups in total. The Hall–Kier alpha value is -4.74. The molecule has 4 heterocycles. The maximum absolute atomic E-state index is 15.1. The zero-order chi connectivity index (χ0) is 44.1. The fourth-order valence-corrected chi connectivity index (χ4v) is 10.0. The number of aryl methyl sites for hydroxylation is 1. The van der Waals surface area contributed by atoms with Gasteiger partial charge in [0, 0.05) is 23.3 Å². The number of halogens is 2. The molecule has 3 fully saturated rings. The number of carbonyl (C=O) groups is 4. The van der Waals surface area contributed by atoms with Gasteiger partial charge in [-0.3, -0.25) is 19.1 Å². The van der Waals surface area contributed by atoms with Gasteiger partial charge in [0.2, 0.25) is 33.6 Å². The van der Waals surface area contributed by atoms with E-state index in [2.05, 4.69) is 15.4 Å². The van der Waals surface area contributed by atoms with Crippen molar-refractivity contribution in [2.45, 2.75) is 139 Å². The number of hydrogen-bond donors (Lipinski definition) is 3. The largest absolute Gasteiger partial charge is 0.497 e. The molecule has 1 saturated heterocycles. The lowest BCUT2D eigenvalue weighted by Gasteiger charge is -2.34. The number of allylic oxidation sites excluding steroid dienone is 1. The van der Waals surface area contributed by atoms with Gasteiger partial charge < -0.3 is 34.5 Å². The van der Waals surface area contributed by atoms with Gasteiger partial charge in [-0.2, -0.15) is 4.98 Å². The third kappa shape index (κ3) is 8.96. The van der Waals surface area contributed by atoms with Crippen LogP contribution in [0.1, 0.15) is 98.0 Å². The molecule has 15 nitrogen and oxygen atoms in total. The highest BCUT2D eigenvalue weighted by molar-refractivity contribution is 7.91. The van der Waals surface area contributed by atoms with Crippen LogP contribution in [0.2, 0.25) is 0 Å². The molecule has 1 aromatic heterocycles. The Kier molecular flexibility index (Phi) is 12.2. The highest BCUT2D eigenvalue weighted by atomic mass is 32.2. The molecule has 18 heteroatoms. The van der Waals surface area contributed by atoms with Crippen molar-refractivity contribution in [1.82, 2.24) is 25.2 Å². The number of fused-ring (bicyclic) bond motifs is 5. The van der Waals surface area contributed by atoms with Crippen molar-refractivity contribution in [3.8, 4) is 17.5 Å². The van der Waals surface area contributed by atoms with Gasteiger partial charge in [0.15, 0.2) is 5.60 Å². The normalized spacial score (nSPS) is 29.4. The van der Waals surface area contributed by atoms with Gasteiger partial charge in [-0.05, 0) is 108 Å². The first-order valence-corrected chi connectivity index (χ1v) is 22.7. The number of pyridine rings is 1. The van der Waals surface area contributed by atoms with Crippen LogP contribution in [0.15, 0.2) is 30.4 Å². The molecule has 1 aromatic carbocycles. The van der Waals surface area contributed by atoms with Gasteiger partial charge in [0.05, 0.1) is 25.0 Å². The monoisotopic (exact) mass is 873 g/mol. The summed E-state index contributed by atoms with van der Waals surface area (Å²) in [5, 5.41) is 6.93. The second kappa shape index (κ2) is 16.9. The number of ether oxygens (including phenoxy) is 4. The van der Waals surface area contributed by atoms with Gasteiger partial charge in [0.1, 0.15) is 29.5 Å². The third-order valence-corrected chi connectivity index (χ3v) is 15.3. The van der Waals surface area contributed by atoms with Gasteiger partial charge in [-0.25, -0.2) is 22.0 Å². The van der Waals surface area contributed by atoms with E-state index in [1.54, 1.807) is 20.1 Å². The minimum atomic E-state index is -4.07. The zero-order valence-electron chi connectivity index (χ0n) is 35.6. The van der Waals surface area contributed by atoms with Crippen LogP contribution in [-0.4, -0.2) is 103 Å². The molecule has 2 aliphatic carbocycles. The maximum atomic E-state index is 15.1. The van der Waals surface area contributed by atoms with E-state index < -0.39 is 86.2 Å². The van der Waals surface area contributed by atoms with Crippen molar-refractivity contribution in [1.29, 1.82) is 0 Å². The van der Waals surface area contributed by atoms with Crippen LogP contribution in [0.4, 0.5) is 13.6 Å². The third-order valence-electron chi connectivity index (χ3n) is 13.1. The number of aromatic nitrogens is 1. The first-order chi connectivity index (χ1) is 28.8. The lowest BCUT2D eigenvalue weighted by molar-refractivity contribution is -0.142. The summed E-state index contributed by atoms with van der Waals surface area (Å²) in [4.78, 5) is 63.2. The van der Waals surface area contributed by atoms with Gasteiger partial charge >= 0.3 is 6.09 Å². The van der Waals surface area contributed by atoms with Crippen LogP contribution in [-0.2, 0) is 35.6 Å². The summed E-state index contributed by atoms with van der Waals surface area (Å²) < 4.78 is 78.6. The fraction of sp³-hybridized carbons (Fsp3) is 0.651. The lowest BCUT2D eigenvalue weighted by atomic mass is 9.85. The summed E-state index contributed by atoms with van der Waals surface area (Å²) in [5.74, 6) is -2.04. The molecule has 0 unspecified atom stereocenters. The van der Waals surface area contributed by atoms with Crippen LogP contribution in [0.25, 0.3) is 10.8 Å². The summed E-state index contributed by atoms with van der Waals surface area (Å²) in [7, 11) is -2.50. The Balaban J connectivity index is 1.26. The van der Waals surface area contributed by atoms with E-state index in [1.165, 1.54) is 4.90 Å². The van der Waals surface area contributed by atoms with E-state index in [1.807, 2.05) is 38.1 Å². The van der Waals surface area contributed by atoms with Crippen molar-refractivity contribution >= 4 is 44.6 Å². The molecule has 0 bridgehead atoms. The number of sulfonamides is 1. The molecule has 334 valence electrons. The number of carbonyl (C=O) groups excluding carboxylic acids is 4. The van der Waals surface area contributed by atoms with Crippen LogP contribution in [0.5, 0.6) is 17.5 Å². The van der Waals surface area contributed by atoms with Crippen molar-refractivity contribution in [3.63, 3.8) is 0 Å². The van der Waals surface area contributed by atoms with Crippen LogP contribution in [0.3, 0.4) is 0 Å². The average molecular weight is 874 g/mol. The first kappa shape index (κ1) is 44.3. The van der Waals surface area contributed by atoms with Gasteiger partial charge in [-0.1, -0.05) is 32.4 Å². The Morgan fingerprint density at radius 3 is 2.61 bits per heavy atom. The Morgan fingerprint density at radius 1 is 1.16 bits per heavy atom. The quantitative estimate of drug-likeness (QED) is 0.262. The number of hydrogen-bond acceptors (Lipinski definition) is 11. The molecule has 3 aliphatic heterocycles. The Morgan fingerprint density at radius 2 is 1.92 bits per heavy atom. The van der Waals surface area contributed by atoms with E-state index in [4.69, 9.17) is 23.9 Å². The first-order valence-electron chi connectivity index (χ1n) is 21.2. The van der Waals surface area contributed by atoms with Crippen LogP contribution < -0.4 is 29.6 Å². The van der Waals surface area contributed by atoms with E-state index in [0.29, 0.717) is 62.1 Å². The molecule has 61 heavy (non-hydrogen) atoms. The fourth-order valence-electron chi connectivity index (χ4n) is 8.70. The van der Waals surface area contributed by atoms with Gasteiger partial charge in [-0.15, -0.1) is 0 Å². The summed E-state index contributed by atoms with van der Waals surface area (Å²) >= 11 is 0. The molecule has 4 amide bonds. The van der Waals surface area contributed by atoms with E-state index >= 15 is 4.79 Å². The minimum absolute atomic E-state index is 0.0245. The zero-order valence-corrected chi connectivity index (χ0v) is 36.4. The highest BCUT2D eigenvalue weighted by Gasteiger charge is 2.63. The SMILES string of the molecule is CC[C@@H]1C[C@@H](C)CC/C=C\[C@@H]2C[C@@]2(C(=O)NS(=O)(=O)C2(C)CC2)NC(=O)[C@@H]2C[C@@H](Oc3nc4c(c5cc(OC)ccc35)CCCO4)CN2C(=O)[C@H]1NC(=O)OC(C)(C)C(F)F. The van der Waals surface area contributed by atoms with Crippen molar-refractivity contribution in [2.24, 2.45) is 17.8 Å². The summed E-state index contributed by atoms with van der Waals surface area (Å²) in [5.41, 5.74) is -2.89. The molecular weight excluding hydrogens is 817 g/mol. The molecule has 7 rings (SSSR count). The van der Waals surface area contributed by atoms with Crippen LogP contribution >= 0.6 is 0 Å². The van der Waals surface area contributed by atoms with Crippen LogP contribution in [0, 0.1) is 17.8 Å². The van der Waals surface area contributed by atoms with E-state index in [0.717, 1.165) is 37.6 Å². The second-order valence-electron chi connectivity index (χ2n) is 18.1. The minimum Gasteiger partial charge on any atom is -0.497 e. The molecule has 2 aromatic rings. The highest BCUT2D eigenvalue weighted by Crippen LogP contribution is 2.48. The number of benzene rings is 1. The predicted octanol–water partition coefficient (Wildman–Crippen LogP) is 5.33. The van der Waals surface area contributed by atoms with E-state index in [-0.39, 0.29) is 31.2 Å². The maximum Gasteiger partial charge on any atom is 0.408 e. The number of nitrogens with one attached hydrogen (secondary N) is 3. The number of rotatable bonds is 10. The van der Waals surface area contributed by atoms with Crippen molar-refractivity contribution < 1.29 is 55.3 Å². The van der Waals surface area contributed by atoms with E-state index in [9.17, 15) is 31.6 Å². The molecule has 0 spiro atoms. The predicted molar refractivity (Wildman–Crippen MR) is 220 cm³/mol. The van der Waals surface area contributed by atoms with Crippen molar-refractivity contribution in [3.05, 3.63) is 35.9 Å². The van der Waals surface area contributed by atoms with Crippen molar-refractivity contribution in [2.75, 3.05) is 20.3 Å². The Bertz CT molecular complexity index is 2200. The summed E-state index contributed by atoms with van der Waals surface area (Å²) in [6, 6.07) is 2.88. The lowest BCUT2D eigenvalue weighted by Crippen LogP contribution is -2.59. The number of methoxy groups -OCH3 is 1. The molecule has 7 atom stereocenters. The smallest absolute Gasteiger partial charge is 0.408 e. The molecular formula is C43H57F2N5O10S. The average Bonchev–Trinajstić information content (AvgIpc) is 4.10. The Labute approximate surface area is 355 Å². The number of alkyl carbamates (subject to hydrolysis) is 1. The molecule has 2 saturated carbocycles. The van der Waals surface area contributed by atoms with Gasteiger partial charge in [0.25, 0.3) is 12.3 Å². The topological polar surface area (TPSA) is 192 Å². The second-order valence-corrected chi connectivity index (χ2v) is 20.3. The standard InChI is InChI=1S/C43H57F2N5O10S/c1-7-25-19-24(2)11-8-9-12-26-22-43(26,39(53)49-61(55,56)42(5)16-17-42)48-34(51)32-21-28(23-50(32)37(52)33(25)46-40(54)60-41(3,4)38(44)45)59-36-30-15-14-27(57-6)20-31(30)29-13-10-18-58-35(29)47-36/h9,12,14-15,20,24-26,28,32-33,38H,7-8,10-11,13,16-19,21-23H2,1-6H3,(H,46,54)(H,48,51)(H,49,53)/b12-9-/t24-,25+,26+,28+,32-,33-,43+/m0/s1. The number of nitrogens with zero attached hydrogens (tertiary/aromatic N) is 2. The molecule has 0 radical (unpaired) electrons.